The van der Waals surface area contributed by atoms with Gasteiger partial charge in [0.2, 0.25) is 0 Å². The molecule has 4 nitrogen and oxygen atoms in total. The van der Waals surface area contributed by atoms with E-state index in [1.54, 1.807) is 0 Å². The number of nitrogens with zero attached hydrogens (tertiary/aromatic N) is 1. The van der Waals surface area contributed by atoms with Gasteiger partial charge in [0.15, 0.2) is 0 Å². The molecule has 1 saturated heterocycles. The van der Waals surface area contributed by atoms with Gasteiger partial charge in [0.05, 0.1) is 48.4 Å². The molecule has 6 fully saturated rings. The Morgan fingerprint density at radius 1 is 0.478 bits per heavy atom. The third-order valence-electron chi connectivity index (χ3n) is 17.1. The second-order valence-corrected chi connectivity index (χ2v) is 23.2. The molecule has 0 amide bonds. The summed E-state index contributed by atoms with van der Waals surface area (Å²) < 4.78 is 12.0. The second-order valence-electron chi connectivity index (χ2n) is 20.7. The van der Waals surface area contributed by atoms with Gasteiger partial charge in [0.25, 0.3) is 0 Å². The topological polar surface area (TPSA) is 41.9 Å². The van der Waals surface area contributed by atoms with Crippen LogP contribution in [0.2, 0.25) is 30.1 Å². The van der Waals surface area contributed by atoms with Crippen molar-refractivity contribution in [1.82, 2.24) is 4.90 Å². The molecule has 1 heterocycles. The van der Waals surface area contributed by atoms with Crippen LogP contribution in [0.4, 0.5) is 0 Å². The van der Waals surface area contributed by atoms with Crippen LogP contribution in [0.25, 0.3) is 0 Å². The highest BCUT2D eigenvalue weighted by atomic mass is 35.5. The van der Waals surface area contributed by atoms with Crippen molar-refractivity contribution in [3.05, 3.63) is 101 Å². The number of piperidine rings is 1. The van der Waals surface area contributed by atoms with E-state index < -0.39 is 0 Å². The largest absolute Gasteiger partial charge is 1.00 e. The molecule has 3 unspecified atom stereocenters. The molecular formula is C55H75Cl8NO3-2. The molecule has 1 aliphatic heterocycles. The summed E-state index contributed by atoms with van der Waals surface area (Å²) in [5, 5.41) is 14.6. The summed E-state index contributed by atoms with van der Waals surface area (Å²) in [6, 6.07) is 18.1. The monoisotopic (exact) mass is 1080 g/mol. The van der Waals surface area contributed by atoms with Crippen molar-refractivity contribution in [1.29, 1.82) is 0 Å². The Hall–Kier alpha value is -0.180. The molecule has 376 valence electrons. The molecule has 9 rings (SSSR count). The summed E-state index contributed by atoms with van der Waals surface area (Å²) in [6.45, 7) is 3.02. The SMILES string of the molecule is COC(CC1CCCCC1)C1(c2ccc(Cl)c(Cl)c2)CCC1.COC(CC1CCCCC1)C1(c2ccc(Cl)c(Cl)c2)CCC1.OC(CN1CCCCC1)C1(c2ccc(Cl)c(Cl)c2)CCC1.[Cl-].[Cl-]. The first-order chi connectivity index (χ1) is 31.4. The number of likely N-dealkylation sites (tertiary alicyclic amines) is 1. The van der Waals surface area contributed by atoms with Crippen molar-refractivity contribution in [3.63, 3.8) is 0 Å². The molecule has 6 aliphatic rings. The van der Waals surface area contributed by atoms with E-state index in [1.807, 2.05) is 44.6 Å². The number of hydrogen-bond donors (Lipinski definition) is 1. The lowest BCUT2D eigenvalue weighted by Crippen LogP contribution is -3.00. The zero-order valence-electron chi connectivity index (χ0n) is 39.9. The fourth-order valence-electron chi connectivity index (χ4n) is 12.6. The van der Waals surface area contributed by atoms with Gasteiger partial charge in [-0.15, -0.1) is 0 Å². The molecule has 5 aliphatic carbocycles. The van der Waals surface area contributed by atoms with Crippen LogP contribution in [0.3, 0.4) is 0 Å². The van der Waals surface area contributed by atoms with Gasteiger partial charge in [-0.25, -0.2) is 0 Å². The molecular weight excluding hydrogens is 1010 g/mol. The number of hydrogen-bond acceptors (Lipinski definition) is 4. The van der Waals surface area contributed by atoms with Crippen LogP contribution >= 0.6 is 69.6 Å². The van der Waals surface area contributed by atoms with Crippen molar-refractivity contribution in [3.8, 4) is 0 Å². The summed E-state index contributed by atoms with van der Waals surface area (Å²) in [6.07, 6.45) is 31.0. The zero-order chi connectivity index (χ0) is 46.0. The highest BCUT2D eigenvalue weighted by Gasteiger charge is 2.48. The minimum atomic E-state index is -0.318. The Kier molecular flexibility index (Phi) is 23.4. The number of aliphatic hydroxyl groups excluding tert-OH is 1. The molecule has 3 atom stereocenters. The lowest BCUT2D eigenvalue weighted by molar-refractivity contribution is -0.0258. The van der Waals surface area contributed by atoms with E-state index in [1.165, 1.54) is 152 Å². The summed E-state index contributed by atoms with van der Waals surface area (Å²) in [7, 11) is 3.76. The summed E-state index contributed by atoms with van der Waals surface area (Å²) in [4.78, 5) is 2.41. The average molecular weight is 1080 g/mol. The van der Waals surface area contributed by atoms with Gasteiger partial charge in [-0.3, -0.25) is 0 Å². The third-order valence-corrected chi connectivity index (χ3v) is 19.3. The van der Waals surface area contributed by atoms with E-state index >= 15 is 0 Å². The fraction of sp³-hybridized carbons (Fsp3) is 0.673. The van der Waals surface area contributed by atoms with E-state index in [0.29, 0.717) is 42.3 Å². The number of benzene rings is 3. The van der Waals surface area contributed by atoms with E-state index in [2.05, 4.69) is 29.2 Å². The van der Waals surface area contributed by atoms with Crippen LogP contribution in [0, 0.1) is 11.8 Å². The van der Waals surface area contributed by atoms with Gasteiger partial charge < -0.3 is 44.3 Å². The van der Waals surface area contributed by atoms with Crippen molar-refractivity contribution < 1.29 is 39.4 Å². The van der Waals surface area contributed by atoms with Gasteiger partial charge in [-0.2, -0.15) is 0 Å². The Bertz CT molecular complexity index is 1860. The van der Waals surface area contributed by atoms with Crippen LogP contribution in [0.1, 0.15) is 171 Å². The predicted molar refractivity (Wildman–Crippen MR) is 276 cm³/mol. The van der Waals surface area contributed by atoms with Crippen LogP contribution in [-0.4, -0.2) is 62.2 Å². The highest BCUT2D eigenvalue weighted by Crippen LogP contribution is 2.53. The van der Waals surface area contributed by atoms with E-state index in [-0.39, 0.29) is 47.2 Å². The van der Waals surface area contributed by atoms with Gasteiger partial charge in [0, 0.05) is 37.0 Å². The Labute approximate surface area is 446 Å². The molecule has 5 saturated carbocycles. The number of ether oxygens (including phenoxy) is 2. The number of methoxy groups -OCH3 is 2. The number of halogens is 8. The number of β-amino-alcohol motifs (C(OH)–C–C–N with tert-alkyl or cyclic N) is 1. The first kappa shape index (κ1) is 57.7. The summed E-state index contributed by atoms with van der Waals surface area (Å²) in [5.74, 6) is 1.66. The maximum atomic E-state index is 10.9. The Morgan fingerprint density at radius 2 is 0.806 bits per heavy atom. The minimum Gasteiger partial charge on any atom is -1.00 e. The van der Waals surface area contributed by atoms with E-state index in [0.717, 1.165) is 49.9 Å². The van der Waals surface area contributed by atoms with Crippen molar-refractivity contribution in [2.75, 3.05) is 33.9 Å². The molecule has 0 radical (unpaired) electrons. The van der Waals surface area contributed by atoms with E-state index in [9.17, 15) is 5.11 Å². The fourth-order valence-corrected chi connectivity index (χ4v) is 13.5. The van der Waals surface area contributed by atoms with Crippen molar-refractivity contribution >= 4 is 69.6 Å². The van der Waals surface area contributed by atoms with Gasteiger partial charge in [-0.05, 0) is 142 Å². The maximum Gasteiger partial charge on any atom is 0.0763 e. The lowest BCUT2D eigenvalue weighted by Gasteiger charge is -2.49. The van der Waals surface area contributed by atoms with E-state index in [4.69, 9.17) is 79.1 Å². The Balaban J connectivity index is 0.000000185. The molecule has 0 bridgehead atoms. The molecule has 67 heavy (non-hydrogen) atoms. The molecule has 0 spiro atoms. The normalized spacial score (nSPS) is 22.5. The molecule has 3 aromatic rings. The standard InChI is InChI=1S/2C19H26Cl2O.C17H23Cl2NO.2ClH/c2*1-22-18(12-14-6-3-2-4-7-14)19(10-5-11-19)15-8-9-16(20)17(21)13-15;18-14-6-5-13(11-15(14)19)17(7-4-8-17)16(21)12-20-9-2-1-3-10-20;;/h2*8-9,13-14,18H,2-7,10-12H2,1H3;5-6,11,16,21H,1-4,7-10,12H2;2*1H/p-2. The smallest absolute Gasteiger partial charge is 0.0763 e. The minimum absolute atomic E-state index is 0. The quantitative estimate of drug-likeness (QED) is 0.175. The Morgan fingerprint density at radius 3 is 1.10 bits per heavy atom. The molecule has 3 aromatic carbocycles. The van der Waals surface area contributed by atoms with Crippen LogP contribution in [0.15, 0.2) is 54.6 Å². The lowest BCUT2D eigenvalue weighted by atomic mass is 9.59. The molecule has 1 N–H and O–H groups in total. The second kappa shape index (κ2) is 27.2. The number of rotatable bonds is 14. The molecule has 12 heteroatoms. The van der Waals surface area contributed by atoms with Gasteiger partial charge in [0.1, 0.15) is 0 Å². The van der Waals surface area contributed by atoms with Crippen LogP contribution in [-0.2, 0) is 25.7 Å². The van der Waals surface area contributed by atoms with Crippen LogP contribution < -0.4 is 24.8 Å². The van der Waals surface area contributed by atoms with Crippen molar-refractivity contribution in [2.45, 2.75) is 189 Å². The van der Waals surface area contributed by atoms with Gasteiger partial charge in [-0.1, -0.05) is 178 Å². The zero-order valence-corrected chi connectivity index (χ0v) is 46.0. The average Bonchev–Trinajstić information content (AvgIpc) is 3.27. The summed E-state index contributed by atoms with van der Waals surface area (Å²) in [5.41, 5.74) is 3.96. The first-order valence-electron chi connectivity index (χ1n) is 25.3. The maximum absolute atomic E-state index is 10.9. The number of aliphatic hydroxyl groups is 1. The third kappa shape index (κ3) is 13.9. The summed E-state index contributed by atoms with van der Waals surface area (Å²) >= 11 is 36.9. The predicted octanol–water partition coefficient (Wildman–Crippen LogP) is 11.1. The highest BCUT2D eigenvalue weighted by molar-refractivity contribution is 6.43. The van der Waals surface area contributed by atoms with Crippen LogP contribution in [0.5, 0.6) is 0 Å². The first-order valence-corrected chi connectivity index (χ1v) is 27.5. The van der Waals surface area contributed by atoms with Crippen molar-refractivity contribution in [2.24, 2.45) is 11.8 Å². The van der Waals surface area contributed by atoms with Gasteiger partial charge >= 0.3 is 0 Å². The molecule has 0 aromatic heterocycles.